The maximum absolute atomic E-state index is 4.73. The van der Waals surface area contributed by atoms with Crippen LogP contribution in [0, 0.1) is 6.92 Å². The summed E-state index contributed by atoms with van der Waals surface area (Å²) in [7, 11) is 0. The Kier molecular flexibility index (Phi) is 6.56. The number of imidazole rings is 1. The summed E-state index contributed by atoms with van der Waals surface area (Å²) in [5.74, 6) is 2.65. The zero-order chi connectivity index (χ0) is 21.5. The molecule has 0 saturated carbocycles. The molecular weight excluding hydrogens is 388 g/mol. The monoisotopic (exact) mass is 416 g/mol. The molecule has 0 amide bonds. The molecule has 4 aromatic rings. The number of pyridine rings is 1. The normalized spacial score (nSPS) is 11.7. The molecule has 0 aliphatic rings. The van der Waals surface area contributed by atoms with Gasteiger partial charge in [0.15, 0.2) is 11.8 Å². The van der Waals surface area contributed by atoms with E-state index in [2.05, 4.69) is 62.3 Å². The van der Waals surface area contributed by atoms with E-state index >= 15 is 0 Å². The van der Waals surface area contributed by atoms with Crippen LogP contribution in [0.5, 0.6) is 0 Å². The molecule has 0 aliphatic heterocycles. The second-order valence-electron chi connectivity index (χ2n) is 7.25. The SMILES string of the molecule is CCNC(=NCc1ccnc(-n2cccn2)c1)NCCCn1c(C)nc2ccccc21. The summed E-state index contributed by atoms with van der Waals surface area (Å²) in [4.78, 5) is 13.7. The molecule has 0 spiro atoms. The Hall–Kier alpha value is -3.68. The summed E-state index contributed by atoms with van der Waals surface area (Å²) in [6, 6.07) is 14.1. The van der Waals surface area contributed by atoms with Crippen molar-refractivity contribution in [1.29, 1.82) is 0 Å². The van der Waals surface area contributed by atoms with E-state index in [-0.39, 0.29) is 0 Å². The van der Waals surface area contributed by atoms with Crippen molar-refractivity contribution in [2.45, 2.75) is 33.4 Å². The quantitative estimate of drug-likeness (QED) is 0.262. The molecule has 2 N–H and O–H groups in total. The highest BCUT2D eigenvalue weighted by Gasteiger charge is 2.06. The lowest BCUT2D eigenvalue weighted by molar-refractivity contribution is 0.624. The summed E-state index contributed by atoms with van der Waals surface area (Å²) >= 11 is 0. The van der Waals surface area contributed by atoms with Crippen molar-refractivity contribution in [3.63, 3.8) is 0 Å². The van der Waals surface area contributed by atoms with Gasteiger partial charge >= 0.3 is 0 Å². The Balaban J connectivity index is 1.34. The molecule has 0 atom stereocenters. The van der Waals surface area contributed by atoms with Crippen LogP contribution >= 0.6 is 0 Å². The van der Waals surface area contributed by atoms with E-state index in [0.717, 1.165) is 54.7 Å². The van der Waals surface area contributed by atoms with E-state index in [1.807, 2.05) is 30.5 Å². The van der Waals surface area contributed by atoms with Crippen LogP contribution in [-0.4, -0.2) is 43.4 Å². The van der Waals surface area contributed by atoms with Gasteiger partial charge in [-0.25, -0.2) is 19.6 Å². The number of aliphatic imine (C=N–C) groups is 1. The molecule has 0 aliphatic carbocycles. The smallest absolute Gasteiger partial charge is 0.191 e. The summed E-state index contributed by atoms with van der Waals surface area (Å²) in [6.07, 6.45) is 6.39. The van der Waals surface area contributed by atoms with Gasteiger partial charge in [-0.05, 0) is 56.2 Å². The van der Waals surface area contributed by atoms with Gasteiger partial charge < -0.3 is 15.2 Å². The van der Waals surface area contributed by atoms with Gasteiger partial charge in [0.25, 0.3) is 0 Å². The molecule has 8 heteroatoms. The van der Waals surface area contributed by atoms with Gasteiger partial charge in [0.1, 0.15) is 5.82 Å². The van der Waals surface area contributed by atoms with E-state index in [9.17, 15) is 0 Å². The minimum absolute atomic E-state index is 0.567. The van der Waals surface area contributed by atoms with Gasteiger partial charge in [-0.3, -0.25) is 0 Å². The fourth-order valence-corrected chi connectivity index (χ4v) is 3.52. The van der Waals surface area contributed by atoms with Gasteiger partial charge in [-0.15, -0.1) is 0 Å². The zero-order valence-electron chi connectivity index (χ0n) is 18.0. The van der Waals surface area contributed by atoms with E-state index in [0.29, 0.717) is 6.54 Å². The zero-order valence-corrected chi connectivity index (χ0v) is 18.0. The van der Waals surface area contributed by atoms with Gasteiger partial charge in [-0.1, -0.05) is 12.1 Å². The summed E-state index contributed by atoms with van der Waals surface area (Å²) in [6.45, 7) is 7.25. The van der Waals surface area contributed by atoms with E-state index in [1.54, 1.807) is 17.1 Å². The molecule has 0 radical (unpaired) electrons. The molecule has 0 fully saturated rings. The second-order valence-corrected chi connectivity index (χ2v) is 7.25. The van der Waals surface area contributed by atoms with E-state index in [1.165, 1.54) is 5.52 Å². The number of aromatic nitrogens is 5. The largest absolute Gasteiger partial charge is 0.357 e. The number of fused-ring (bicyclic) bond motifs is 1. The van der Waals surface area contributed by atoms with Crippen molar-refractivity contribution in [1.82, 2.24) is 34.9 Å². The molecule has 31 heavy (non-hydrogen) atoms. The third-order valence-corrected chi connectivity index (χ3v) is 5.01. The maximum Gasteiger partial charge on any atom is 0.191 e. The number of rotatable bonds is 8. The molecular formula is C23H28N8. The fourth-order valence-electron chi connectivity index (χ4n) is 3.52. The lowest BCUT2D eigenvalue weighted by Gasteiger charge is -2.12. The number of hydrogen-bond donors (Lipinski definition) is 2. The van der Waals surface area contributed by atoms with Crippen molar-refractivity contribution < 1.29 is 0 Å². The number of benzene rings is 1. The Morgan fingerprint density at radius 1 is 1.10 bits per heavy atom. The van der Waals surface area contributed by atoms with Crippen LogP contribution in [-0.2, 0) is 13.1 Å². The van der Waals surface area contributed by atoms with Gasteiger partial charge in [0, 0.05) is 38.2 Å². The Morgan fingerprint density at radius 3 is 2.84 bits per heavy atom. The van der Waals surface area contributed by atoms with Gasteiger partial charge in [-0.2, -0.15) is 5.10 Å². The van der Waals surface area contributed by atoms with Crippen LogP contribution in [0.25, 0.3) is 16.9 Å². The Bertz CT molecular complexity index is 1140. The third-order valence-electron chi connectivity index (χ3n) is 5.01. The maximum atomic E-state index is 4.73. The predicted octanol–water partition coefficient (Wildman–Crippen LogP) is 3.07. The van der Waals surface area contributed by atoms with Crippen LogP contribution < -0.4 is 10.6 Å². The van der Waals surface area contributed by atoms with Crippen LogP contribution in [0.4, 0.5) is 0 Å². The summed E-state index contributed by atoms with van der Waals surface area (Å²) in [5, 5.41) is 11.0. The summed E-state index contributed by atoms with van der Waals surface area (Å²) < 4.78 is 4.02. The highest BCUT2D eigenvalue weighted by Crippen LogP contribution is 2.15. The van der Waals surface area contributed by atoms with Crippen LogP contribution in [0.3, 0.4) is 0 Å². The van der Waals surface area contributed by atoms with Gasteiger partial charge in [0.2, 0.25) is 0 Å². The van der Waals surface area contributed by atoms with E-state index in [4.69, 9.17) is 4.99 Å². The highest BCUT2D eigenvalue weighted by atomic mass is 15.3. The Morgan fingerprint density at radius 2 is 2.00 bits per heavy atom. The summed E-state index contributed by atoms with van der Waals surface area (Å²) in [5.41, 5.74) is 3.32. The molecule has 0 bridgehead atoms. The molecule has 4 rings (SSSR count). The average Bonchev–Trinajstić information content (AvgIpc) is 3.43. The van der Waals surface area contributed by atoms with Crippen molar-refractivity contribution in [3.8, 4) is 5.82 Å². The first-order chi connectivity index (χ1) is 15.2. The van der Waals surface area contributed by atoms with E-state index < -0.39 is 0 Å². The topological polar surface area (TPSA) is 85.0 Å². The third kappa shape index (κ3) is 5.09. The molecule has 3 heterocycles. The first-order valence-electron chi connectivity index (χ1n) is 10.6. The van der Waals surface area contributed by atoms with Crippen molar-refractivity contribution >= 4 is 17.0 Å². The first-order valence-corrected chi connectivity index (χ1v) is 10.6. The van der Waals surface area contributed by atoms with Crippen molar-refractivity contribution in [2.24, 2.45) is 4.99 Å². The molecule has 1 aromatic carbocycles. The number of nitrogens with zero attached hydrogens (tertiary/aromatic N) is 6. The minimum Gasteiger partial charge on any atom is -0.357 e. The molecule has 0 saturated heterocycles. The Labute approximate surface area is 182 Å². The van der Waals surface area contributed by atoms with Gasteiger partial charge in [0.05, 0.1) is 17.6 Å². The van der Waals surface area contributed by atoms with Crippen LogP contribution in [0.2, 0.25) is 0 Å². The van der Waals surface area contributed by atoms with Crippen molar-refractivity contribution in [2.75, 3.05) is 13.1 Å². The number of hydrogen-bond acceptors (Lipinski definition) is 4. The first kappa shape index (κ1) is 20.6. The number of para-hydroxylation sites is 2. The minimum atomic E-state index is 0.567. The standard InChI is InChI=1S/C23H28N8/c1-3-24-23(27-17-19-10-13-25-22(16-19)31-15-7-12-28-31)26-11-6-14-30-18(2)29-20-8-4-5-9-21(20)30/h4-5,7-10,12-13,15-16H,3,6,11,14,17H2,1-2H3,(H2,24,26,27). The number of aryl methyl sites for hydroxylation is 2. The fraction of sp³-hybridized carbons (Fsp3) is 0.304. The highest BCUT2D eigenvalue weighted by molar-refractivity contribution is 5.79. The van der Waals surface area contributed by atoms with Crippen LogP contribution in [0.1, 0.15) is 24.7 Å². The second kappa shape index (κ2) is 9.88. The number of nitrogens with one attached hydrogen (secondary N) is 2. The molecule has 3 aromatic heterocycles. The molecule has 0 unspecified atom stereocenters. The van der Waals surface area contributed by atoms with Crippen molar-refractivity contribution in [3.05, 3.63) is 72.4 Å². The average molecular weight is 417 g/mol. The van der Waals surface area contributed by atoms with Crippen LogP contribution in [0.15, 0.2) is 66.0 Å². The molecule has 8 nitrogen and oxygen atoms in total. The number of guanidine groups is 1. The lowest BCUT2D eigenvalue weighted by atomic mass is 10.2. The predicted molar refractivity (Wildman–Crippen MR) is 123 cm³/mol. The molecule has 160 valence electrons. The lowest BCUT2D eigenvalue weighted by Crippen LogP contribution is -2.38.